The van der Waals surface area contributed by atoms with Crippen molar-refractivity contribution < 1.29 is 58.7 Å². The molecule has 0 aromatic rings. The Morgan fingerprint density at radius 2 is 1.47 bits per heavy atom. The third kappa shape index (κ3) is 10.7. The Bertz CT molecular complexity index is 1180. The van der Waals surface area contributed by atoms with Crippen molar-refractivity contribution in [2.75, 3.05) is 7.11 Å². The van der Waals surface area contributed by atoms with Crippen LogP contribution >= 0.6 is 0 Å². The van der Waals surface area contributed by atoms with Gasteiger partial charge in [0.15, 0.2) is 12.6 Å². The van der Waals surface area contributed by atoms with Crippen molar-refractivity contribution in [2.24, 2.45) is 29.6 Å². The van der Waals surface area contributed by atoms with Crippen LogP contribution in [0, 0.1) is 29.6 Å². The quantitative estimate of drug-likeness (QED) is 0.207. The molecule has 3 aliphatic rings. The van der Waals surface area contributed by atoms with Gasteiger partial charge in [-0.1, -0.05) is 34.6 Å². The largest absolute Gasteiger partial charge is 0.459 e. The molecular weight excluding hydrogens is 686 g/mol. The predicted octanol–water partition coefficient (Wildman–Crippen LogP) is 3.68. The van der Waals surface area contributed by atoms with Crippen LogP contribution in [0.5, 0.6) is 0 Å². The summed E-state index contributed by atoms with van der Waals surface area (Å²) < 4.78 is 37.6. The zero-order valence-electron chi connectivity index (χ0n) is 35.2. The molecule has 0 amide bonds. The summed E-state index contributed by atoms with van der Waals surface area (Å²) in [7, 11) is 1.51. The highest BCUT2D eigenvalue weighted by Crippen LogP contribution is 2.41. The van der Waals surface area contributed by atoms with Crippen molar-refractivity contribution >= 4 is 5.97 Å². The first kappa shape index (κ1) is 46.4. The summed E-state index contributed by atoms with van der Waals surface area (Å²) in [6, 6.07) is -0.423. The smallest absolute Gasteiger partial charge is 0.311 e. The van der Waals surface area contributed by atoms with Gasteiger partial charge >= 0.3 is 5.97 Å². The Morgan fingerprint density at radius 1 is 0.868 bits per heavy atom. The van der Waals surface area contributed by atoms with Crippen LogP contribution in [-0.2, 0) is 33.2 Å². The van der Waals surface area contributed by atoms with E-state index in [9.17, 15) is 30.3 Å². The van der Waals surface area contributed by atoms with Crippen LogP contribution in [0.3, 0.4) is 0 Å². The Morgan fingerprint density at radius 3 is 2.02 bits per heavy atom. The fourth-order valence-electron chi connectivity index (χ4n) is 9.13. The van der Waals surface area contributed by atoms with E-state index in [0.717, 1.165) is 0 Å². The molecule has 13 nitrogen and oxygen atoms in total. The van der Waals surface area contributed by atoms with E-state index in [2.05, 4.69) is 5.32 Å². The fraction of sp³-hybridized carbons (Fsp3) is 0.975. The van der Waals surface area contributed by atoms with Crippen LogP contribution < -0.4 is 5.32 Å². The highest BCUT2D eigenvalue weighted by atomic mass is 16.7. The van der Waals surface area contributed by atoms with Gasteiger partial charge in [0.2, 0.25) is 0 Å². The number of hydrogen-bond acceptors (Lipinski definition) is 13. The lowest BCUT2D eigenvalue weighted by Gasteiger charge is -2.49. The minimum Gasteiger partial charge on any atom is -0.459 e. The van der Waals surface area contributed by atoms with Gasteiger partial charge in [0.1, 0.15) is 23.9 Å². The topological polar surface area (TPSA) is 186 Å². The van der Waals surface area contributed by atoms with Crippen LogP contribution in [0.15, 0.2) is 0 Å². The van der Waals surface area contributed by atoms with Crippen LogP contribution in [0.4, 0.5) is 0 Å². The Balaban J connectivity index is 2.23. The maximum atomic E-state index is 14.2. The van der Waals surface area contributed by atoms with Crippen molar-refractivity contribution in [2.45, 2.75) is 212 Å². The van der Waals surface area contributed by atoms with E-state index < -0.39 is 107 Å². The molecule has 0 saturated carbocycles. The maximum absolute atomic E-state index is 14.2. The molecule has 0 aromatic carbocycles. The summed E-state index contributed by atoms with van der Waals surface area (Å²) in [4.78, 5) is 14.2. The monoisotopic (exact) mass is 762 g/mol. The molecule has 8 unspecified atom stereocenters. The lowest BCUT2D eigenvalue weighted by Crippen LogP contribution is -2.62. The number of nitrogens with one attached hydrogen (secondary N) is 1. The van der Waals surface area contributed by atoms with Crippen molar-refractivity contribution in [1.82, 2.24) is 5.32 Å². The van der Waals surface area contributed by atoms with Crippen LogP contribution in [0.1, 0.15) is 123 Å². The van der Waals surface area contributed by atoms with Gasteiger partial charge < -0.3 is 59.3 Å². The number of methoxy groups -OCH3 is 1. The first-order chi connectivity index (χ1) is 24.2. The second-order valence-corrected chi connectivity index (χ2v) is 18.6. The van der Waals surface area contributed by atoms with E-state index in [-0.39, 0.29) is 37.2 Å². The Hall–Kier alpha value is -0.970. The second-order valence-electron chi connectivity index (χ2n) is 18.6. The third-order valence-corrected chi connectivity index (χ3v) is 12.4. The summed E-state index contributed by atoms with van der Waals surface area (Å²) in [6.07, 6.45) is -8.14. The fourth-order valence-corrected chi connectivity index (χ4v) is 9.13. The maximum Gasteiger partial charge on any atom is 0.311 e. The van der Waals surface area contributed by atoms with Crippen molar-refractivity contribution in [3.05, 3.63) is 0 Å². The average Bonchev–Trinajstić information content (AvgIpc) is 3.05. The molecule has 19 atom stereocenters. The first-order valence-electron chi connectivity index (χ1n) is 19.8. The van der Waals surface area contributed by atoms with Gasteiger partial charge in [-0.25, -0.2) is 0 Å². The number of aliphatic hydroxyl groups is 5. The summed E-state index contributed by atoms with van der Waals surface area (Å²) in [5, 5.41) is 62.4. The highest BCUT2D eigenvalue weighted by molar-refractivity contribution is 5.73. The van der Waals surface area contributed by atoms with Crippen LogP contribution in [-0.4, -0.2) is 128 Å². The zero-order chi connectivity index (χ0) is 40.6. The molecule has 0 aliphatic carbocycles. The van der Waals surface area contributed by atoms with E-state index in [1.165, 1.54) is 14.0 Å². The molecular formula is C40H75NO12. The number of cyclic esters (lactones) is 1. The first-order valence-corrected chi connectivity index (χ1v) is 19.8. The molecule has 312 valence electrons. The molecule has 0 radical (unpaired) electrons. The van der Waals surface area contributed by atoms with Crippen LogP contribution in [0.25, 0.3) is 0 Å². The van der Waals surface area contributed by atoms with Gasteiger partial charge in [-0.2, -0.15) is 0 Å². The Labute approximate surface area is 318 Å². The zero-order valence-corrected chi connectivity index (χ0v) is 35.2. The minimum absolute atomic E-state index is 0.134. The number of carbonyl (C=O) groups is 1. The van der Waals surface area contributed by atoms with E-state index in [1.807, 2.05) is 55.4 Å². The SMILES string of the molecule is CC[C@H]1OC(=O)[C@H](C)[C@@H](OC2CC(C)(OC)C(O)C(C)O2)[C@H](C)[C@@H](OC2OC(C)CC(C)C2O)[C@](C)(O)C[C@@H](C)[C@H](NC(C)(C)C)[C@H](C)[C@@H](O)[C@]1(C)O. The summed E-state index contributed by atoms with van der Waals surface area (Å²) in [5.74, 6) is -3.43. The van der Waals surface area contributed by atoms with Gasteiger partial charge in [-0.15, -0.1) is 0 Å². The molecule has 3 fully saturated rings. The summed E-state index contributed by atoms with van der Waals surface area (Å²) in [6.45, 7) is 25.6. The Kier molecular flexibility index (Phi) is 15.5. The molecule has 6 N–H and O–H groups in total. The van der Waals surface area contributed by atoms with Gasteiger partial charge in [-0.05, 0) is 93.4 Å². The minimum atomic E-state index is -1.83. The van der Waals surface area contributed by atoms with E-state index in [4.69, 9.17) is 28.4 Å². The van der Waals surface area contributed by atoms with Crippen LogP contribution in [0.2, 0.25) is 0 Å². The molecule has 0 spiro atoms. The van der Waals surface area contributed by atoms with Gasteiger partial charge in [0.25, 0.3) is 0 Å². The normalized spacial score (nSPS) is 49.9. The summed E-state index contributed by atoms with van der Waals surface area (Å²) in [5.41, 5.74) is -4.87. The molecule has 0 bridgehead atoms. The number of ether oxygens (including phenoxy) is 6. The van der Waals surface area contributed by atoms with E-state index in [0.29, 0.717) is 6.42 Å². The van der Waals surface area contributed by atoms with Crippen molar-refractivity contribution in [1.29, 1.82) is 0 Å². The molecule has 13 heteroatoms. The average molecular weight is 762 g/mol. The van der Waals surface area contributed by atoms with Gasteiger partial charge in [0, 0.05) is 36.9 Å². The number of aliphatic hydroxyl groups excluding tert-OH is 3. The lowest BCUT2D eigenvalue weighted by atomic mass is 9.72. The second kappa shape index (κ2) is 17.7. The third-order valence-electron chi connectivity index (χ3n) is 12.4. The number of rotatable bonds is 7. The molecule has 53 heavy (non-hydrogen) atoms. The molecule has 0 aromatic heterocycles. The van der Waals surface area contributed by atoms with E-state index >= 15 is 0 Å². The number of carbonyl (C=O) groups excluding carboxylic acids is 1. The molecule has 3 saturated heterocycles. The summed E-state index contributed by atoms with van der Waals surface area (Å²) >= 11 is 0. The van der Waals surface area contributed by atoms with Crippen molar-refractivity contribution in [3.8, 4) is 0 Å². The predicted molar refractivity (Wildman–Crippen MR) is 200 cm³/mol. The van der Waals surface area contributed by atoms with Crippen molar-refractivity contribution in [3.63, 3.8) is 0 Å². The van der Waals surface area contributed by atoms with E-state index in [1.54, 1.807) is 34.6 Å². The standard InChI is InChI=1S/C40H75NO12/c1-16-27-40(14,47)32(43)23(5)29(41-37(9,10)11)21(3)18-38(12,46)34(53-36-30(42)20(2)17-22(4)49-36)24(6)31(25(7)35(45)51-27)52-28-19-39(13,48-15)33(44)26(8)50-28/h20-34,36,41-44,46-47H,16-19H2,1-15H3/t20?,21-,22?,23+,24+,25-,26?,27-,28?,29+,30?,31+,32-,33?,34-,36?,38-,39?,40-/m1/s1. The number of esters is 1. The molecule has 3 rings (SSSR count). The highest BCUT2D eigenvalue weighted by Gasteiger charge is 2.53. The molecule has 3 aliphatic heterocycles. The van der Waals surface area contributed by atoms with Gasteiger partial charge in [0.05, 0.1) is 47.6 Å². The molecule has 3 heterocycles. The lowest BCUT2D eigenvalue weighted by molar-refractivity contribution is -0.318. The number of hydrogen-bond donors (Lipinski definition) is 6. The van der Waals surface area contributed by atoms with Gasteiger partial charge in [-0.3, -0.25) is 4.79 Å².